The maximum Gasteiger partial charge on any atom is 0.113 e. The van der Waals surface area contributed by atoms with Crippen molar-refractivity contribution in [1.29, 1.82) is 0 Å². The van der Waals surface area contributed by atoms with Gasteiger partial charge in [0, 0.05) is 18.8 Å². The van der Waals surface area contributed by atoms with Gasteiger partial charge in [0.05, 0.1) is 10.2 Å². The number of aliphatic imine (C=N–C) groups is 1. The minimum absolute atomic E-state index is 0.738. The average molecular weight is 295 g/mol. The Balaban J connectivity index is 2.39. The summed E-state index contributed by atoms with van der Waals surface area (Å²) in [6, 6.07) is 7.58. The van der Waals surface area contributed by atoms with Crippen molar-refractivity contribution in [2.24, 2.45) is 12.0 Å². The maximum absolute atomic E-state index is 8.44. The van der Waals surface area contributed by atoms with Gasteiger partial charge in [-0.25, -0.2) is 4.99 Å². The first-order valence-corrected chi connectivity index (χ1v) is 5.72. The number of nitrogens with zero attached hydrogens (tertiary/aromatic N) is 3. The molecule has 1 aromatic carbocycles. The van der Waals surface area contributed by atoms with Crippen molar-refractivity contribution in [1.82, 2.24) is 15.3 Å². The number of rotatable bonds is 3. The standard InChI is InChI=1S/C11H11BrN4O/c1-16-6-10(12)11(15-16)8-3-2-4-9(5-8)13-7-14-17/h2-7,17H,1H3,(H,13,14). The first kappa shape index (κ1) is 11.8. The van der Waals surface area contributed by atoms with E-state index in [9.17, 15) is 0 Å². The molecule has 1 heterocycles. The predicted molar refractivity (Wildman–Crippen MR) is 69.4 cm³/mol. The van der Waals surface area contributed by atoms with Crippen LogP contribution in [0.25, 0.3) is 11.3 Å². The molecule has 0 aliphatic heterocycles. The van der Waals surface area contributed by atoms with Gasteiger partial charge < -0.3 is 0 Å². The summed E-state index contributed by atoms with van der Waals surface area (Å²) in [4.78, 5) is 4.01. The van der Waals surface area contributed by atoms with Gasteiger partial charge in [0.2, 0.25) is 0 Å². The Hall–Kier alpha value is -1.66. The highest BCUT2D eigenvalue weighted by atomic mass is 79.9. The number of aromatic nitrogens is 2. The summed E-state index contributed by atoms with van der Waals surface area (Å²) in [6.45, 7) is 0. The second-order valence-corrected chi connectivity index (χ2v) is 4.29. The van der Waals surface area contributed by atoms with E-state index in [-0.39, 0.29) is 0 Å². The molecule has 0 aliphatic carbocycles. The zero-order chi connectivity index (χ0) is 12.3. The van der Waals surface area contributed by atoms with Crippen molar-refractivity contribution >= 4 is 28.0 Å². The smallest absolute Gasteiger partial charge is 0.113 e. The van der Waals surface area contributed by atoms with E-state index in [4.69, 9.17) is 5.21 Å². The van der Waals surface area contributed by atoms with Crippen molar-refractivity contribution in [3.63, 3.8) is 0 Å². The van der Waals surface area contributed by atoms with Crippen molar-refractivity contribution in [2.45, 2.75) is 0 Å². The summed E-state index contributed by atoms with van der Waals surface area (Å²) in [7, 11) is 1.87. The molecule has 0 spiro atoms. The monoisotopic (exact) mass is 294 g/mol. The molecular weight excluding hydrogens is 284 g/mol. The molecule has 0 atom stereocenters. The molecule has 0 unspecified atom stereocenters. The summed E-state index contributed by atoms with van der Waals surface area (Å²) in [6.07, 6.45) is 3.10. The summed E-state index contributed by atoms with van der Waals surface area (Å²) < 4.78 is 2.67. The van der Waals surface area contributed by atoms with Crippen LogP contribution in [-0.2, 0) is 7.05 Å². The van der Waals surface area contributed by atoms with E-state index in [0.29, 0.717) is 0 Å². The minimum Gasteiger partial charge on any atom is -0.290 e. The Morgan fingerprint density at radius 3 is 3.00 bits per heavy atom. The fraction of sp³-hybridized carbons (Fsp3) is 0.0909. The van der Waals surface area contributed by atoms with Gasteiger partial charge in [-0.3, -0.25) is 15.4 Å². The number of hydroxylamine groups is 1. The molecule has 0 bridgehead atoms. The number of hydrogen-bond acceptors (Lipinski definition) is 3. The number of aryl methyl sites for hydroxylation is 1. The Morgan fingerprint density at radius 1 is 1.53 bits per heavy atom. The van der Waals surface area contributed by atoms with Crippen LogP contribution in [0.15, 0.2) is 39.9 Å². The largest absolute Gasteiger partial charge is 0.290 e. The summed E-state index contributed by atoms with van der Waals surface area (Å²) >= 11 is 3.46. The molecule has 2 rings (SSSR count). The highest BCUT2D eigenvalue weighted by molar-refractivity contribution is 9.10. The van der Waals surface area contributed by atoms with Gasteiger partial charge in [0.25, 0.3) is 0 Å². The van der Waals surface area contributed by atoms with Crippen LogP contribution in [0, 0.1) is 0 Å². The van der Waals surface area contributed by atoms with Gasteiger partial charge in [-0.1, -0.05) is 12.1 Å². The molecule has 0 saturated carbocycles. The van der Waals surface area contributed by atoms with E-state index in [0.717, 1.165) is 21.4 Å². The number of hydrogen-bond donors (Lipinski definition) is 2. The normalized spacial score (nSPS) is 11.0. The third kappa shape index (κ3) is 2.72. The zero-order valence-electron chi connectivity index (χ0n) is 9.13. The van der Waals surface area contributed by atoms with E-state index in [1.54, 1.807) is 4.68 Å². The Kier molecular flexibility index (Phi) is 3.55. The molecule has 0 radical (unpaired) electrons. The van der Waals surface area contributed by atoms with Gasteiger partial charge in [-0.15, -0.1) is 0 Å². The highest BCUT2D eigenvalue weighted by Gasteiger charge is 2.07. The first-order valence-electron chi connectivity index (χ1n) is 4.92. The van der Waals surface area contributed by atoms with Crippen LogP contribution in [0.3, 0.4) is 0 Å². The van der Waals surface area contributed by atoms with Gasteiger partial charge in [0.1, 0.15) is 12.0 Å². The molecule has 2 N–H and O–H groups in total. The Bertz CT molecular complexity index is 550. The second kappa shape index (κ2) is 5.11. The van der Waals surface area contributed by atoms with Crippen LogP contribution in [0.5, 0.6) is 0 Å². The number of nitrogens with one attached hydrogen (secondary N) is 1. The van der Waals surface area contributed by atoms with Crippen LogP contribution in [0.2, 0.25) is 0 Å². The minimum atomic E-state index is 0.738. The first-order chi connectivity index (χ1) is 8.20. The quantitative estimate of drug-likeness (QED) is 0.519. The molecule has 5 nitrogen and oxygen atoms in total. The lowest BCUT2D eigenvalue weighted by Gasteiger charge is -1.99. The lowest BCUT2D eigenvalue weighted by molar-refractivity contribution is 0.240. The maximum atomic E-state index is 8.44. The topological polar surface area (TPSA) is 62.4 Å². The van der Waals surface area contributed by atoms with Crippen LogP contribution in [0.1, 0.15) is 0 Å². The molecule has 0 amide bonds. The third-order valence-electron chi connectivity index (χ3n) is 2.18. The van der Waals surface area contributed by atoms with E-state index in [1.165, 1.54) is 6.34 Å². The van der Waals surface area contributed by atoms with Crippen LogP contribution < -0.4 is 5.48 Å². The highest BCUT2D eigenvalue weighted by Crippen LogP contribution is 2.28. The van der Waals surface area contributed by atoms with Gasteiger partial charge in [-0.2, -0.15) is 5.10 Å². The summed E-state index contributed by atoms with van der Waals surface area (Å²) in [5.74, 6) is 0. The van der Waals surface area contributed by atoms with E-state index >= 15 is 0 Å². The molecule has 17 heavy (non-hydrogen) atoms. The molecule has 6 heteroatoms. The average Bonchev–Trinajstić information content (AvgIpc) is 2.66. The van der Waals surface area contributed by atoms with Crippen LogP contribution in [-0.4, -0.2) is 21.3 Å². The molecule has 88 valence electrons. The lowest BCUT2D eigenvalue weighted by atomic mass is 10.1. The SMILES string of the molecule is Cn1cc(Br)c(-c2cccc(N=CNO)c2)n1. The van der Waals surface area contributed by atoms with E-state index < -0.39 is 0 Å². The van der Waals surface area contributed by atoms with Crippen molar-refractivity contribution in [3.8, 4) is 11.3 Å². The molecular formula is C11H11BrN4O. The van der Waals surface area contributed by atoms with Crippen LogP contribution in [0.4, 0.5) is 5.69 Å². The lowest BCUT2D eigenvalue weighted by Crippen LogP contribution is -2.00. The Morgan fingerprint density at radius 2 is 2.35 bits per heavy atom. The van der Waals surface area contributed by atoms with Crippen molar-refractivity contribution < 1.29 is 5.21 Å². The van der Waals surface area contributed by atoms with Crippen molar-refractivity contribution in [2.75, 3.05) is 0 Å². The third-order valence-corrected chi connectivity index (χ3v) is 2.76. The van der Waals surface area contributed by atoms with Gasteiger partial charge in [0.15, 0.2) is 0 Å². The van der Waals surface area contributed by atoms with Gasteiger partial charge in [-0.05, 0) is 28.1 Å². The van der Waals surface area contributed by atoms with Crippen molar-refractivity contribution in [3.05, 3.63) is 34.9 Å². The van der Waals surface area contributed by atoms with Gasteiger partial charge >= 0.3 is 0 Å². The molecule has 0 fully saturated rings. The molecule has 0 saturated heterocycles. The second-order valence-electron chi connectivity index (χ2n) is 3.44. The molecule has 2 aromatic rings. The number of halogens is 1. The number of benzene rings is 1. The summed E-state index contributed by atoms with van der Waals surface area (Å²) in [5, 5.41) is 12.8. The molecule has 0 aliphatic rings. The molecule has 1 aromatic heterocycles. The van der Waals surface area contributed by atoms with E-state index in [2.05, 4.69) is 26.0 Å². The zero-order valence-corrected chi connectivity index (χ0v) is 10.7. The van der Waals surface area contributed by atoms with Crippen LogP contribution >= 0.6 is 15.9 Å². The predicted octanol–water partition coefficient (Wildman–Crippen LogP) is 2.49. The fourth-order valence-corrected chi connectivity index (χ4v) is 2.10. The fourth-order valence-electron chi connectivity index (χ4n) is 1.49. The Labute approximate surface area is 107 Å². The summed E-state index contributed by atoms with van der Waals surface area (Å²) in [5.41, 5.74) is 4.43. The van der Waals surface area contributed by atoms with E-state index in [1.807, 2.05) is 43.0 Å².